The first-order valence-electron chi connectivity index (χ1n) is 6.45. The highest BCUT2D eigenvalue weighted by Gasteiger charge is 2.08. The van der Waals surface area contributed by atoms with Crippen molar-refractivity contribution in [2.45, 2.75) is 19.9 Å². The van der Waals surface area contributed by atoms with Gasteiger partial charge >= 0.3 is 0 Å². The normalized spacial score (nSPS) is 12.4. The quantitative estimate of drug-likeness (QED) is 0.501. The van der Waals surface area contributed by atoms with Gasteiger partial charge in [0.15, 0.2) is 5.82 Å². The van der Waals surface area contributed by atoms with Crippen molar-refractivity contribution in [3.63, 3.8) is 0 Å². The zero-order valence-electron chi connectivity index (χ0n) is 11.4. The van der Waals surface area contributed by atoms with Crippen LogP contribution in [-0.2, 0) is 0 Å². The van der Waals surface area contributed by atoms with Crippen LogP contribution in [0.3, 0.4) is 0 Å². The second-order valence-corrected chi connectivity index (χ2v) is 4.89. The number of amidine groups is 1. The van der Waals surface area contributed by atoms with Crippen LogP contribution in [0, 0.1) is 0 Å². The lowest BCUT2D eigenvalue weighted by molar-refractivity contribution is 0.834. The Hall–Kier alpha value is -2.63. The minimum absolute atomic E-state index is 0.174. The van der Waals surface area contributed by atoms with Gasteiger partial charge < -0.3 is 15.7 Å². The van der Waals surface area contributed by atoms with E-state index in [0.717, 1.165) is 28.1 Å². The monoisotopic (exact) mass is 268 g/mol. The summed E-state index contributed by atoms with van der Waals surface area (Å²) in [6, 6.07) is 6.00. The molecule has 0 aliphatic rings. The number of fused-ring (bicyclic) bond motifs is 1. The summed E-state index contributed by atoms with van der Waals surface area (Å²) in [5.74, 6) is 1.30. The van der Waals surface area contributed by atoms with Gasteiger partial charge in [-0.25, -0.2) is 9.97 Å². The molecule has 0 radical (unpaired) electrons. The molecule has 102 valence electrons. The van der Waals surface area contributed by atoms with Gasteiger partial charge in [0, 0.05) is 11.6 Å². The van der Waals surface area contributed by atoms with Crippen LogP contribution in [-0.4, -0.2) is 31.8 Å². The van der Waals surface area contributed by atoms with Crippen LogP contribution in [0.1, 0.15) is 19.4 Å². The first-order valence-corrected chi connectivity index (χ1v) is 6.45. The van der Waals surface area contributed by atoms with E-state index in [0.29, 0.717) is 5.84 Å². The Balaban J connectivity index is 2.04. The Morgan fingerprint density at radius 2 is 2.20 bits per heavy atom. The molecule has 0 saturated heterocycles. The highest BCUT2D eigenvalue weighted by molar-refractivity contribution is 6.00. The van der Waals surface area contributed by atoms with E-state index in [1.807, 2.05) is 32.0 Å². The van der Waals surface area contributed by atoms with E-state index in [1.54, 1.807) is 12.5 Å². The Kier molecular flexibility index (Phi) is 2.98. The lowest BCUT2D eigenvalue weighted by Crippen LogP contribution is -2.15. The van der Waals surface area contributed by atoms with Crippen LogP contribution in [0.2, 0.25) is 0 Å². The maximum atomic E-state index is 5.99. The third-order valence-corrected chi connectivity index (χ3v) is 2.93. The molecule has 0 amide bonds. The molecule has 4 N–H and O–H groups in total. The van der Waals surface area contributed by atoms with Crippen molar-refractivity contribution in [3.8, 4) is 11.5 Å². The van der Waals surface area contributed by atoms with Crippen molar-refractivity contribution in [2.75, 3.05) is 0 Å². The van der Waals surface area contributed by atoms with Crippen LogP contribution in [0.25, 0.3) is 22.6 Å². The number of hydrogen-bond donors (Lipinski definition) is 3. The maximum absolute atomic E-state index is 5.99. The summed E-state index contributed by atoms with van der Waals surface area (Å²) >= 11 is 0. The van der Waals surface area contributed by atoms with E-state index < -0.39 is 0 Å². The third kappa shape index (κ3) is 2.27. The standard InChI is InChI=1S/C14H16N6/c1-8(2)18-13(15)9-3-4-10-11(5-9)20-14(19-10)12-6-16-7-17-12/h3-8H,1-2H3,(H2,15,18)(H,16,17)(H,19,20). The van der Waals surface area contributed by atoms with Crippen molar-refractivity contribution < 1.29 is 0 Å². The number of nitrogens with two attached hydrogens (primary N) is 1. The molecule has 0 aliphatic heterocycles. The van der Waals surface area contributed by atoms with E-state index in [-0.39, 0.29) is 6.04 Å². The number of rotatable bonds is 3. The van der Waals surface area contributed by atoms with Gasteiger partial charge in [-0.1, -0.05) is 0 Å². The minimum atomic E-state index is 0.174. The second-order valence-electron chi connectivity index (χ2n) is 4.89. The molecular weight excluding hydrogens is 252 g/mol. The number of aromatic amines is 2. The number of aromatic nitrogens is 4. The summed E-state index contributed by atoms with van der Waals surface area (Å²) < 4.78 is 0. The Labute approximate surface area is 116 Å². The molecule has 3 aromatic rings. The number of H-pyrrole nitrogens is 2. The smallest absolute Gasteiger partial charge is 0.156 e. The summed E-state index contributed by atoms with van der Waals surface area (Å²) in [4.78, 5) is 19.1. The lowest BCUT2D eigenvalue weighted by atomic mass is 10.2. The molecule has 0 atom stereocenters. The van der Waals surface area contributed by atoms with Crippen LogP contribution in [0.4, 0.5) is 0 Å². The summed E-state index contributed by atoms with van der Waals surface area (Å²) in [5.41, 5.74) is 9.55. The van der Waals surface area contributed by atoms with Gasteiger partial charge in [-0.15, -0.1) is 0 Å². The summed E-state index contributed by atoms with van der Waals surface area (Å²) in [5, 5.41) is 0. The molecule has 20 heavy (non-hydrogen) atoms. The fourth-order valence-electron chi connectivity index (χ4n) is 2.03. The minimum Gasteiger partial charge on any atom is -0.383 e. The van der Waals surface area contributed by atoms with Crippen LogP contribution < -0.4 is 5.73 Å². The SMILES string of the molecule is CC(C)N=C(N)c1ccc2nc(-c3cnc[nH]3)[nH]c2c1. The number of aliphatic imine (C=N–C) groups is 1. The molecule has 0 fully saturated rings. The van der Waals surface area contributed by atoms with E-state index >= 15 is 0 Å². The summed E-state index contributed by atoms with van der Waals surface area (Å²) in [7, 11) is 0. The fraction of sp³-hybridized carbons (Fsp3) is 0.214. The Morgan fingerprint density at radius 3 is 2.90 bits per heavy atom. The highest BCUT2D eigenvalue weighted by atomic mass is 15.0. The van der Waals surface area contributed by atoms with Crippen molar-refractivity contribution in [2.24, 2.45) is 10.7 Å². The van der Waals surface area contributed by atoms with Gasteiger partial charge in [0.1, 0.15) is 11.5 Å². The molecule has 2 heterocycles. The van der Waals surface area contributed by atoms with Crippen molar-refractivity contribution in [3.05, 3.63) is 36.3 Å². The predicted molar refractivity (Wildman–Crippen MR) is 79.5 cm³/mol. The zero-order valence-corrected chi connectivity index (χ0v) is 11.4. The third-order valence-electron chi connectivity index (χ3n) is 2.93. The van der Waals surface area contributed by atoms with Crippen LogP contribution in [0.15, 0.2) is 35.7 Å². The van der Waals surface area contributed by atoms with E-state index in [2.05, 4.69) is 24.9 Å². The maximum Gasteiger partial charge on any atom is 0.156 e. The first kappa shape index (κ1) is 12.4. The molecule has 0 unspecified atom stereocenters. The largest absolute Gasteiger partial charge is 0.383 e. The molecule has 0 aliphatic carbocycles. The highest BCUT2D eigenvalue weighted by Crippen LogP contribution is 2.19. The molecule has 2 aromatic heterocycles. The van der Waals surface area contributed by atoms with E-state index in [1.165, 1.54) is 0 Å². The summed E-state index contributed by atoms with van der Waals surface area (Å²) in [6.45, 7) is 4.00. The van der Waals surface area contributed by atoms with Crippen LogP contribution >= 0.6 is 0 Å². The predicted octanol–water partition coefficient (Wildman–Crippen LogP) is 2.07. The molecular formula is C14H16N6. The van der Waals surface area contributed by atoms with E-state index in [4.69, 9.17) is 5.73 Å². The Morgan fingerprint density at radius 1 is 1.35 bits per heavy atom. The first-order chi connectivity index (χ1) is 9.63. The molecule has 6 nitrogen and oxygen atoms in total. The van der Waals surface area contributed by atoms with Crippen molar-refractivity contribution >= 4 is 16.9 Å². The zero-order chi connectivity index (χ0) is 14.1. The number of imidazole rings is 2. The van der Waals surface area contributed by atoms with Crippen molar-refractivity contribution in [1.82, 2.24) is 19.9 Å². The van der Waals surface area contributed by atoms with Gasteiger partial charge in [0.05, 0.1) is 23.6 Å². The molecule has 3 rings (SSSR count). The summed E-state index contributed by atoms with van der Waals surface area (Å²) in [6.07, 6.45) is 3.36. The molecule has 0 spiro atoms. The van der Waals surface area contributed by atoms with Gasteiger partial charge in [-0.2, -0.15) is 0 Å². The Bertz CT molecular complexity index is 751. The van der Waals surface area contributed by atoms with Gasteiger partial charge in [-0.3, -0.25) is 4.99 Å². The molecule has 6 heteroatoms. The van der Waals surface area contributed by atoms with Gasteiger partial charge in [-0.05, 0) is 32.0 Å². The second kappa shape index (κ2) is 4.80. The van der Waals surface area contributed by atoms with E-state index in [9.17, 15) is 0 Å². The molecule has 0 bridgehead atoms. The molecule has 0 saturated carbocycles. The average Bonchev–Trinajstić information content (AvgIpc) is 3.05. The van der Waals surface area contributed by atoms with Gasteiger partial charge in [0.25, 0.3) is 0 Å². The molecule has 1 aromatic carbocycles. The fourth-order valence-corrected chi connectivity index (χ4v) is 2.03. The topological polar surface area (TPSA) is 95.7 Å². The van der Waals surface area contributed by atoms with Crippen LogP contribution in [0.5, 0.6) is 0 Å². The lowest BCUT2D eigenvalue weighted by Gasteiger charge is -2.03. The van der Waals surface area contributed by atoms with Gasteiger partial charge in [0.2, 0.25) is 0 Å². The number of hydrogen-bond acceptors (Lipinski definition) is 3. The number of nitrogens with zero attached hydrogens (tertiary/aromatic N) is 3. The number of benzene rings is 1. The average molecular weight is 268 g/mol. The number of nitrogens with one attached hydrogen (secondary N) is 2. The van der Waals surface area contributed by atoms with Crippen molar-refractivity contribution in [1.29, 1.82) is 0 Å².